The number of ether oxygens (including phenoxy) is 1. The zero-order chi connectivity index (χ0) is 11.5. The minimum absolute atomic E-state index is 0.180. The van der Waals surface area contributed by atoms with Crippen molar-refractivity contribution in [2.45, 2.75) is 44.8 Å². The Hall–Kier alpha value is -1.09. The van der Waals surface area contributed by atoms with Crippen LogP contribution in [0.4, 0.5) is 4.39 Å². The van der Waals surface area contributed by atoms with Crippen molar-refractivity contribution >= 4 is 0 Å². The van der Waals surface area contributed by atoms with Gasteiger partial charge in [-0.15, -0.1) is 0 Å². The van der Waals surface area contributed by atoms with Crippen LogP contribution in [-0.2, 0) is 0 Å². The largest absolute Gasteiger partial charge is 0.490 e. The summed E-state index contributed by atoms with van der Waals surface area (Å²) in [7, 11) is 0. The zero-order valence-electron chi connectivity index (χ0n) is 9.45. The minimum atomic E-state index is -0.628. The van der Waals surface area contributed by atoms with E-state index < -0.39 is 6.10 Å². The summed E-state index contributed by atoms with van der Waals surface area (Å²) < 4.78 is 18.9. The van der Waals surface area contributed by atoms with Crippen LogP contribution in [0.2, 0.25) is 0 Å². The lowest BCUT2D eigenvalue weighted by Crippen LogP contribution is -2.13. The summed E-state index contributed by atoms with van der Waals surface area (Å²) in [5.74, 6) is 0.166. The van der Waals surface area contributed by atoms with Crippen molar-refractivity contribution < 1.29 is 14.2 Å². The van der Waals surface area contributed by atoms with Gasteiger partial charge in [-0.05, 0) is 44.7 Å². The van der Waals surface area contributed by atoms with Crippen LogP contribution in [0.1, 0.15) is 44.3 Å². The maximum Gasteiger partial charge on any atom is 0.128 e. The molecule has 1 atom stereocenters. The second-order valence-electron chi connectivity index (χ2n) is 4.38. The second kappa shape index (κ2) is 4.83. The van der Waals surface area contributed by atoms with Crippen molar-refractivity contribution in [3.63, 3.8) is 0 Å². The Morgan fingerprint density at radius 2 is 2.06 bits per heavy atom. The maximum atomic E-state index is 13.1. The molecular weight excluding hydrogens is 207 g/mol. The van der Waals surface area contributed by atoms with E-state index in [0.717, 1.165) is 12.8 Å². The average molecular weight is 224 g/mol. The molecule has 0 radical (unpaired) electrons. The Labute approximate surface area is 95.1 Å². The molecule has 0 spiro atoms. The minimum Gasteiger partial charge on any atom is -0.490 e. The van der Waals surface area contributed by atoms with Crippen molar-refractivity contribution in [2.75, 3.05) is 0 Å². The van der Waals surface area contributed by atoms with E-state index in [1.165, 1.54) is 25.0 Å². The molecule has 0 amide bonds. The Morgan fingerprint density at radius 3 is 2.69 bits per heavy atom. The number of benzene rings is 1. The highest BCUT2D eigenvalue weighted by Crippen LogP contribution is 2.30. The van der Waals surface area contributed by atoms with Gasteiger partial charge >= 0.3 is 0 Å². The third-order valence-corrected chi connectivity index (χ3v) is 3.02. The first kappa shape index (κ1) is 11.4. The third kappa shape index (κ3) is 2.53. The number of aliphatic hydroxyl groups is 1. The van der Waals surface area contributed by atoms with Gasteiger partial charge in [0.05, 0.1) is 12.2 Å². The normalized spacial score (nSPS) is 18.7. The molecule has 1 saturated carbocycles. The van der Waals surface area contributed by atoms with Gasteiger partial charge in [-0.25, -0.2) is 4.39 Å². The molecule has 1 aromatic rings. The van der Waals surface area contributed by atoms with Gasteiger partial charge in [0.2, 0.25) is 0 Å². The van der Waals surface area contributed by atoms with Gasteiger partial charge in [0.1, 0.15) is 11.6 Å². The fraction of sp³-hybridized carbons (Fsp3) is 0.538. The van der Waals surface area contributed by atoms with Crippen LogP contribution >= 0.6 is 0 Å². The molecule has 88 valence electrons. The predicted octanol–water partition coefficient (Wildman–Crippen LogP) is 3.20. The summed E-state index contributed by atoms with van der Waals surface area (Å²) >= 11 is 0. The first-order chi connectivity index (χ1) is 7.66. The van der Waals surface area contributed by atoms with Crippen molar-refractivity contribution in [2.24, 2.45) is 0 Å². The molecule has 1 aromatic carbocycles. The maximum absolute atomic E-state index is 13.1. The Morgan fingerprint density at radius 1 is 1.38 bits per heavy atom. The van der Waals surface area contributed by atoms with Crippen LogP contribution in [0.15, 0.2) is 18.2 Å². The van der Waals surface area contributed by atoms with E-state index in [1.54, 1.807) is 13.0 Å². The lowest BCUT2D eigenvalue weighted by atomic mass is 10.1. The third-order valence-electron chi connectivity index (χ3n) is 3.02. The fourth-order valence-corrected chi connectivity index (χ4v) is 2.14. The summed E-state index contributed by atoms with van der Waals surface area (Å²) in [6, 6.07) is 4.30. The molecule has 16 heavy (non-hydrogen) atoms. The van der Waals surface area contributed by atoms with E-state index in [0.29, 0.717) is 11.3 Å². The number of rotatable bonds is 3. The summed E-state index contributed by atoms with van der Waals surface area (Å²) in [6.45, 7) is 1.66. The standard InChI is InChI=1S/C13H17FO2/c1-9(15)12-7-6-10(14)8-13(12)16-11-4-2-3-5-11/h6-9,11,15H,2-5H2,1H3. The summed E-state index contributed by atoms with van der Waals surface area (Å²) in [4.78, 5) is 0. The van der Waals surface area contributed by atoms with Crippen molar-refractivity contribution in [1.82, 2.24) is 0 Å². The smallest absolute Gasteiger partial charge is 0.128 e. The van der Waals surface area contributed by atoms with Crippen LogP contribution in [0.25, 0.3) is 0 Å². The van der Waals surface area contributed by atoms with Crippen LogP contribution in [0.3, 0.4) is 0 Å². The van der Waals surface area contributed by atoms with Crippen LogP contribution < -0.4 is 4.74 Å². The number of halogens is 1. The molecule has 0 heterocycles. The van der Waals surface area contributed by atoms with Crippen molar-refractivity contribution in [1.29, 1.82) is 0 Å². The average Bonchev–Trinajstić information content (AvgIpc) is 2.70. The molecule has 2 nitrogen and oxygen atoms in total. The Kier molecular flexibility index (Phi) is 3.44. The summed E-state index contributed by atoms with van der Waals surface area (Å²) in [6.07, 6.45) is 3.94. The van der Waals surface area contributed by atoms with E-state index in [1.807, 2.05) is 0 Å². The molecule has 0 bridgehead atoms. The van der Waals surface area contributed by atoms with Crippen LogP contribution in [0.5, 0.6) is 5.75 Å². The summed E-state index contributed by atoms with van der Waals surface area (Å²) in [5.41, 5.74) is 0.660. The number of aliphatic hydroxyl groups excluding tert-OH is 1. The highest BCUT2D eigenvalue weighted by atomic mass is 19.1. The SMILES string of the molecule is CC(O)c1ccc(F)cc1OC1CCCC1. The lowest BCUT2D eigenvalue weighted by Gasteiger charge is -2.17. The molecule has 1 unspecified atom stereocenters. The Bertz CT molecular complexity index is 357. The first-order valence-corrected chi connectivity index (χ1v) is 5.81. The van der Waals surface area contributed by atoms with Gasteiger partial charge in [0.15, 0.2) is 0 Å². The van der Waals surface area contributed by atoms with E-state index in [-0.39, 0.29) is 11.9 Å². The molecule has 1 aliphatic carbocycles. The molecule has 0 aliphatic heterocycles. The zero-order valence-corrected chi connectivity index (χ0v) is 9.45. The monoisotopic (exact) mass is 224 g/mol. The first-order valence-electron chi connectivity index (χ1n) is 5.81. The number of hydrogen-bond acceptors (Lipinski definition) is 2. The molecule has 1 aliphatic rings. The fourth-order valence-electron chi connectivity index (χ4n) is 2.14. The van der Waals surface area contributed by atoms with Gasteiger partial charge in [0, 0.05) is 11.6 Å². The van der Waals surface area contributed by atoms with Crippen molar-refractivity contribution in [3.8, 4) is 5.75 Å². The molecule has 0 saturated heterocycles. The van der Waals surface area contributed by atoms with Gasteiger partial charge in [-0.1, -0.05) is 0 Å². The molecule has 1 N–H and O–H groups in total. The summed E-state index contributed by atoms with van der Waals surface area (Å²) in [5, 5.41) is 9.57. The van der Waals surface area contributed by atoms with Gasteiger partial charge in [-0.3, -0.25) is 0 Å². The molecule has 3 heteroatoms. The van der Waals surface area contributed by atoms with Crippen molar-refractivity contribution in [3.05, 3.63) is 29.6 Å². The predicted molar refractivity (Wildman–Crippen MR) is 59.9 cm³/mol. The van der Waals surface area contributed by atoms with Crippen LogP contribution in [0, 0.1) is 5.82 Å². The topological polar surface area (TPSA) is 29.5 Å². The quantitative estimate of drug-likeness (QED) is 0.854. The van der Waals surface area contributed by atoms with Crippen LogP contribution in [-0.4, -0.2) is 11.2 Å². The molecule has 2 rings (SSSR count). The van der Waals surface area contributed by atoms with Gasteiger partial charge < -0.3 is 9.84 Å². The number of hydrogen-bond donors (Lipinski definition) is 1. The lowest BCUT2D eigenvalue weighted by molar-refractivity contribution is 0.173. The highest BCUT2D eigenvalue weighted by Gasteiger charge is 2.19. The van der Waals surface area contributed by atoms with E-state index in [4.69, 9.17) is 4.74 Å². The Balaban J connectivity index is 2.19. The van der Waals surface area contributed by atoms with Gasteiger partial charge in [-0.2, -0.15) is 0 Å². The molecule has 1 fully saturated rings. The second-order valence-corrected chi connectivity index (χ2v) is 4.38. The van der Waals surface area contributed by atoms with E-state index in [9.17, 15) is 9.50 Å². The molecular formula is C13H17FO2. The van der Waals surface area contributed by atoms with E-state index in [2.05, 4.69) is 0 Å². The molecule has 0 aromatic heterocycles. The van der Waals surface area contributed by atoms with E-state index >= 15 is 0 Å². The van der Waals surface area contributed by atoms with Gasteiger partial charge in [0.25, 0.3) is 0 Å². The highest BCUT2D eigenvalue weighted by molar-refractivity contribution is 5.35.